The van der Waals surface area contributed by atoms with Crippen LogP contribution in [0, 0.1) is 17.0 Å². The van der Waals surface area contributed by atoms with Gasteiger partial charge >= 0.3 is 0 Å². The number of nitro benzene ring substituents is 1. The summed E-state index contributed by atoms with van der Waals surface area (Å²) < 4.78 is 0. The van der Waals surface area contributed by atoms with Gasteiger partial charge in [-0.25, -0.2) is 0 Å². The molecule has 0 bridgehead atoms. The van der Waals surface area contributed by atoms with Crippen molar-refractivity contribution in [2.75, 3.05) is 11.1 Å². The van der Waals surface area contributed by atoms with Crippen LogP contribution in [-0.2, 0) is 0 Å². The number of hydrogen-bond acceptors (Lipinski definition) is 5. The number of aryl methyl sites for hydroxylation is 1. The van der Waals surface area contributed by atoms with Crippen LogP contribution in [0.2, 0.25) is 0 Å². The molecule has 1 heterocycles. The van der Waals surface area contributed by atoms with E-state index < -0.39 is 4.92 Å². The summed E-state index contributed by atoms with van der Waals surface area (Å²) in [4.78, 5) is 12.8. The Bertz CT molecular complexity index is 610. The Morgan fingerprint density at radius 3 is 2.68 bits per heavy atom. The predicted octanol–water partition coefficient (Wildman–Crippen LogP) is 3.72. The molecule has 0 aliphatic carbocycles. The number of nitrogens with one attached hydrogen (secondary N) is 1. The fourth-order valence-corrected chi connectivity index (χ4v) is 2.71. The third-order valence-electron chi connectivity index (χ3n) is 2.72. The quantitative estimate of drug-likeness (QED) is 0.507. The number of rotatable bonds is 4. The number of non-ortho nitro benzene ring substituents is 1. The number of nitro groups is 1. The van der Waals surface area contributed by atoms with E-state index in [9.17, 15) is 10.1 Å². The molecule has 0 radical (unpaired) electrons. The lowest BCUT2D eigenvalue weighted by Gasteiger charge is -2.14. The van der Waals surface area contributed by atoms with Crippen LogP contribution in [0.1, 0.15) is 22.7 Å². The van der Waals surface area contributed by atoms with Crippen molar-refractivity contribution >= 4 is 28.4 Å². The Hall–Kier alpha value is -2.08. The summed E-state index contributed by atoms with van der Waals surface area (Å²) in [5, 5.41) is 14.0. The molecule has 0 saturated heterocycles. The lowest BCUT2D eigenvalue weighted by atomic mass is 10.2. The van der Waals surface area contributed by atoms with E-state index in [1.165, 1.54) is 21.9 Å². The normalized spacial score (nSPS) is 12.1. The summed E-state index contributed by atoms with van der Waals surface area (Å²) in [5.74, 6) is 0. The zero-order chi connectivity index (χ0) is 14.0. The lowest BCUT2D eigenvalue weighted by Crippen LogP contribution is -2.05. The molecule has 2 aromatic rings. The Balaban J connectivity index is 2.21. The molecule has 1 aromatic carbocycles. The topological polar surface area (TPSA) is 81.2 Å². The van der Waals surface area contributed by atoms with E-state index in [1.807, 2.05) is 13.8 Å². The molecule has 0 amide bonds. The fraction of sp³-hybridized carbons (Fsp3) is 0.231. The molecule has 3 N–H and O–H groups in total. The predicted molar refractivity (Wildman–Crippen MR) is 78.6 cm³/mol. The van der Waals surface area contributed by atoms with E-state index in [0.29, 0.717) is 11.4 Å². The maximum Gasteiger partial charge on any atom is 0.273 e. The van der Waals surface area contributed by atoms with E-state index >= 15 is 0 Å². The van der Waals surface area contributed by atoms with Gasteiger partial charge in [-0.3, -0.25) is 10.1 Å². The first-order chi connectivity index (χ1) is 8.95. The van der Waals surface area contributed by atoms with Crippen LogP contribution in [0.15, 0.2) is 30.3 Å². The summed E-state index contributed by atoms with van der Waals surface area (Å²) >= 11 is 1.70. The lowest BCUT2D eigenvalue weighted by molar-refractivity contribution is -0.384. The minimum atomic E-state index is -0.443. The molecule has 0 spiro atoms. The maximum atomic E-state index is 10.8. The van der Waals surface area contributed by atoms with Gasteiger partial charge in [0.15, 0.2) is 0 Å². The van der Waals surface area contributed by atoms with Gasteiger partial charge in [-0.05, 0) is 32.0 Å². The molecule has 0 fully saturated rings. The van der Waals surface area contributed by atoms with Gasteiger partial charge in [-0.15, -0.1) is 11.3 Å². The Kier molecular flexibility index (Phi) is 3.71. The molecule has 2 rings (SSSR count). The number of nitrogen functional groups attached to an aromatic ring is 1. The average Bonchev–Trinajstić information content (AvgIpc) is 2.75. The highest BCUT2D eigenvalue weighted by Crippen LogP contribution is 2.28. The van der Waals surface area contributed by atoms with Gasteiger partial charge in [0, 0.05) is 33.3 Å². The van der Waals surface area contributed by atoms with E-state index in [2.05, 4.69) is 17.4 Å². The molecule has 19 heavy (non-hydrogen) atoms. The number of nitrogens with zero attached hydrogens (tertiary/aromatic N) is 1. The summed E-state index contributed by atoms with van der Waals surface area (Å²) in [6.07, 6.45) is 0. The van der Waals surface area contributed by atoms with Gasteiger partial charge in [0.05, 0.1) is 11.0 Å². The zero-order valence-electron chi connectivity index (χ0n) is 10.7. The highest BCUT2D eigenvalue weighted by Gasteiger charge is 2.12. The molecule has 100 valence electrons. The fourth-order valence-electron chi connectivity index (χ4n) is 1.83. The van der Waals surface area contributed by atoms with Crippen molar-refractivity contribution in [2.24, 2.45) is 0 Å². The second kappa shape index (κ2) is 5.27. The van der Waals surface area contributed by atoms with Crippen LogP contribution in [0.5, 0.6) is 0 Å². The number of thiophene rings is 1. The molecule has 1 unspecified atom stereocenters. The molecular weight excluding hydrogens is 262 g/mol. The van der Waals surface area contributed by atoms with Gasteiger partial charge in [-0.1, -0.05) is 0 Å². The highest BCUT2D eigenvalue weighted by atomic mass is 32.1. The summed E-state index contributed by atoms with van der Waals surface area (Å²) in [7, 11) is 0. The zero-order valence-corrected chi connectivity index (χ0v) is 11.5. The summed E-state index contributed by atoms with van der Waals surface area (Å²) in [6.45, 7) is 4.06. The van der Waals surface area contributed by atoms with Crippen LogP contribution in [0.3, 0.4) is 0 Å². The summed E-state index contributed by atoms with van der Waals surface area (Å²) in [5.41, 5.74) is 6.71. The minimum Gasteiger partial charge on any atom is -0.398 e. The van der Waals surface area contributed by atoms with Crippen LogP contribution < -0.4 is 11.1 Å². The van der Waals surface area contributed by atoms with E-state index in [-0.39, 0.29) is 11.7 Å². The first-order valence-electron chi connectivity index (χ1n) is 5.83. The number of benzene rings is 1. The van der Waals surface area contributed by atoms with Gasteiger partial charge in [0.1, 0.15) is 0 Å². The third kappa shape index (κ3) is 3.23. The first-order valence-corrected chi connectivity index (χ1v) is 6.65. The van der Waals surface area contributed by atoms with Crippen molar-refractivity contribution in [3.05, 3.63) is 50.2 Å². The standard InChI is InChI=1S/C13H15N3O2S/c1-8-3-4-13(19-8)9(2)15-11-5-10(14)6-12(7-11)16(17)18/h3-7,9,15H,14H2,1-2H3. The smallest absolute Gasteiger partial charge is 0.273 e. The highest BCUT2D eigenvalue weighted by molar-refractivity contribution is 7.12. The SMILES string of the molecule is Cc1ccc(C(C)Nc2cc(N)cc([N+](=O)[O-])c2)s1. The molecule has 6 heteroatoms. The van der Waals surface area contributed by atoms with Crippen molar-refractivity contribution in [2.45, 2.75) is 19.9 Å². The second-order valence-corrected chi connectivity index (χ2v) is 5.70. The third-order valence-corrected chi connectivity index (χ3v) is 3.91. The maximum absolute atomic E-state index is 10.8. The molecule has 1 aromatic heterocycles. The Morgan fingerprint density at radius 2 is 2.11 bits per heavy atom. The largest absolute Gasteiger partial charge is 0.398 e. The average molecular weight is 277 g/mol. The Morgan fingerprint density at radius 1 is 1.37 bits per heavy atom. The number of hydrogen-bond donors (Lipinski definition) is 2. The molecular formula is C13H15N3O2S. The molecule has 5 nitrogen and oxygen atoms in total. The van der Waals surface area contributed by atoms with Gasteiger partial charge in [0.2, 0.25) is 0 Å². The second-order valence-electron chi connectivity index (χ2n) is 4.38. The van der Waals surface area contributed by atoms with Crippen LogP contribution in [0.25, 0.3) is 0 Å². The monoisotopic (exact) mass is 277 g/mol. The molecule has 0 aliphatic rings. The van der Waals surface area contributed by atoms with Crippen molar-refractivity contribution in [3.63, 3.8) is 0 Å². The first kappa shape index (κ1) is 13.4. The van der Waals surface area contributed by atoms with Gasteiger partial charge < -0.3 is 11.1 Å². The Labute approximate surface area is 115 Å². The van der Waals surface area contributed by atoms with Crippen molar-refractivity contribution < 1.29 is 4.92 Å². The molecule has 1 atom stereocenters. The van der Waals surface area contributed by atoms with E-state index in [1.54, 1.807) is 17.4 Å². The summed E-state index contributed by atoms with van der Waals surface area (Å²) in [6, 6.07) is 8.74. The number of anilines is 2. The van der Waals surface area contributed by atoms with Gasteiger partial charge in [-0.2, -0.15) is 0 Å². The minimum absolute atomic E-state index is 0.00272. The van der Waals surface area contributed by atoms with Crippen molar-refractivity contribution in [3.8, 4) is 0 Å². The molecule has 0 aliphatic heterocycles. The molecule has 0 saturated carbocycles. The van der Waals surface area contributed by atoms with Crippen LogP contribution >= 0.6 is 11.3 Å². The van der Waals surface area contributed by atoms with E-state index in [4.69, 9.17) is 5.73 Å². The van der Waals surface area contributed by atoms with Gasteiger partial charge in [0.25, 0.3) is 5.69 Å². The van der Waals surface area contributed by atoms with Crippen LogP contribution in [0.4, 0.5) is 17.1 Å². The number of nitrogens with two attached hydrogens (primary N) is 1. The van der Waals surface area contributed by atoms with Crippen molar-refractivity contribution in [1.29, 1.82) is 0 Å². The van der Waals surface area contributed by atoms with E-state index in [0.717, 1.165) is 0 Å². The van der Waals surface area contributed by atoms with Crippen LogP contribution in [-0.4, -0.2) is 4.92 Å². The van der Waals surface area contributed by atoms with Crippen molar-refractivity contribution in [1.82, 2.24) is 0 Å².